The van der Waals surface area contributed by atoms with Crippen molar-refractivity contribution >= 4 is 23.0 Å². The highest BCUT2D eigenvalue weighted by Gasteiger charge is 2.05. The molecule has 0 heterocycles. The van der Waals surface area contributed by atoms with Gasteiger partial charge in [-0.2, -0.15) is 5.26 Å². The van der Waals surface area contributed by atoms with Crippen LogP contribution in [0.2, 0.25) is 0 Å². The second-order valence-electron chi connectivity index (χ2n) is 5.56. The third kappa shape index (κ3) is 6.09. The first-order chi connectivity index (χ1) is 11.2. The van der Waals surface area contributed by atoms with Gasteiger partial charge in [0.25, 0.3) is 0 Å². The van der Waals surface area contributed by atoms with Crippen LogP contribution in [0.15, 0.2) is 54.6 Å². The van der Waals surface area contributed by atoms with Crippen LogP contribution in [0.25, 0.3) is 0 Å². The Balaban J connectivity index is 1.76. The van der Waals surface area contributed by atoms with Crippen molar-refractivity contribution in [2.24, 2.45) is 0 Å². The summed E-state index contributed by atoms with van der Waals surface area (Å²) in [6, 6.07) is 20.6. The largest absolute Gasteiger partial charge is 0.360 e. The van der Waals surface area contributed by atoms with Crippen molar-refractivity contribution in [3.05, 3.63) is 65.7 Å². The standard InChI is InChI=1S/C19H21N3S/c1-15(7-8-16-5-3-2-4-6-16)21-19(23)22-18-11-9-17(10-12-18)13-14-20/h2-6,9-12,15H,7-8,13H2,1H3,(H2,21,22,23). The van der Waals surface area contributed by atoms with Crippen molar-refractivity contribution in [3.8, 4) is 6.07 Å². The Kier molecular flexibility index (Phi) is 6.58. The van der Waals surface area contributed by atoms with E-state index in [-0.39, 0.29) is 0 Å². The molecule has 0 aliphatic carbocycles. The van der Waals surface area contributed by atoms with Crippen molar-refractivity contribution < 1.29 is 0 Å². The lowest BCUT2D eigenvalue weighted by Crippen LogP contribution is -2.36. The highest BCUT2D eigenvalue weighted by molar-refractivity contribution is 7.80. The molecule has 1 unspecified atom stereocenters. The first-order valence-electron chi connectivity index (χ1n) is 7.74. The Bertz CT molecular complexity index is 659. The van der Waals surface area contributed by atoms with Crippen LogP contribution in [0.1, 0.15) is 24.5 Å². The van der Waals surface area contributed by atoms with Gasteiger partial charge in [0, 0.05) is 11.7 Å². The Morgan fingerprint density at radius 2 is 1.78 bits per heavy atom. The molecule has 2 rings (SSSR count). The summed E-state index contributed by atoms with van der Waals surface area (Å²) in [7, 11) is 0. The third-order valence-electron chi connectivity index (χ3n) is 3.58. The molecule has 1 atom stereocenters. The van der Waals surface area contributed by atoms with Crippen LogP contribution in [0.4, 0.5) is 5.69 Å². The van der Waals surface area contributed by atoms with E-state index >= 15 is 0 Å². The molecule has 2 aromatic carbocycles. The molecule has 0 fully saturated rings. The van der Waals surface area contributed by atoms with E-state index in [4.69, 9.17) is 17.5 Å². The van der Waals surface area contributed by atoms with Gasteiger partial charge in [0.15, 0.2) is 5.11 Å². The number of thiocarbonyl (C=S) groups is 1. The van der Waals surface area contributed by atoms with Gasteiger partial charge in [-0.05, 0) is 55.2 Å². The number of nitriles is 1. The molecule has 0 aliphatic heterocycles. The highest BCUT2D eigenvalue weighted by atomic mass is 32.1. The minimum Gasteiger partial charge on any atom is -0.360 e. The molecular weight excluding hydrogens is 302 g/mol. The van der Waals surface area contributed by atoms with E-state index in [2.05, 4.69) is 47.9 Å². The van der Waals surface area contributed by atoms with Gasteiger partial charge < -0.3 is 10.6 Å². The molecule has 23 heavy (non-hydrogen) atoms. The van der Waals surface area contributed by atoms with E-state index in [1.54, 1.807) is 0 Å². The summed E-state index contributed by atoms with van der Waals surface area (Å²) in [5, 5.41) is 15.8. The van der Waals surface area contributed by atoms with Crippen LogP contribution in [-0.2, 0) is 12.8 Å². The van der Waals surface area contributed by atoms with Gasteiger partial charge in [-0.1, -0.05) is 42.5 Å². The molecule has 0 aromatic heterocycles. The zero-order valence-electron chi connectivity index (χ0n) is 13.3. The van der Waals surface area contributed by atoms with Crippen molar-refractivity contribution in [2.45, 2.75) is 32.2 Å². The van der Waals surface area contributed by atoms with Crippen LogP contribution in [0.3, 0.4) is 0 Å². The molecule has 2 N–H and O–H groups in total. The molecule has 118 valence electrons. The molecule has 0 bridgehead atoms. The summed E-state index contributed by atoms with van der Waals surface area (Å²) < 4.78 is 0. The van der Waals surface area contributed by atoms with E-state index in [9.17, 15) is 0 Å². The molecular formula is C19H21N3S. The monoisotopic (exact) mass is 323 g/mol. The second kappa shape index (κ2) is 8.92. The van der Waals surface area contributed by atoms with Gasteiger partial charge in [-0.3, -0.25) is 0 Å². The highest BCUT2D eigenvalue weighted by Crippen LogP contribution is 2.10. The Hall–Kier alpha value is -2.38. The molecule has 3 nitrogen and oxygen atoms in total. The van der Waals surface area contributed by atoms with Crippen LogP contribution in [0.5, 0.6) is 0 Å². The molecule has 0 saturated heterocycles. The molecule has 4 heteroatoms. The maximum atomic E-state index is 8.67. The number of nitrogens with zero attached hydrogens (tertiary/aromatic N) is 1. The van der Waals surface area contributed by atoms with E-state index < -0.39 is 0 Å². The molecule has 2 aromatic rings. The Morgan fingerprint density at radius 1 is 1.09 bits per heavy atom. The molecule has 0 aliphatic rings. The molecule has 0 radical (unpaired) electrons. The van der Waals surface area contributed by atoms with E-state index in [0.29, 0.717) is 17.6 Å². The van der Waals surface area contributed by atoms with E-state index in [0.717, 1.165) is 24.1 Å². The van der Waals surface area contributed by atoms with E-state index in [1.807, 2.05) is 30.3 Å². The first kappa shape index (κ1) is 17.0. The summed E-state index contributed by atoms with van der Waals surface area (Å²) in [6.45, 7) is 2.13. The number of aryl methyl sites for hydroxylation is 1. The Labute approximate surface area is 143 Å². The lowest BCUT2D eigenvalue weighted by Gasteiger charge is -2.17. The summed E-state index contributed by atoms with van der Waals surface area (Å²) in [4.78, 5) is 0. The number of nitrogens with one attached hydrogen (secondary N) is 2. The minimum atomic E-state index is 0.299. The lowest BCUT2D eigenvalue weighted by atomic mass is 10.1. The maximum Gasteiger partial charge on any atom is 0.170 e. The molecule has 0 amide bonds. The maximum absolute atomic E-state index is 8.67. The quantitative estimate of drug-likeness (QED) is 0.787. The zero-order chi connectivity index (χ0) is 16.5. The van der Waals surface area contributed by atoms with Crippen molar-refractivity contribution in [1.29, 1.82) is 5.26 Å². The number of anilines is 1. The number of hydrogen-bond donors (Lipinski definition) is 2. The molecule has 0 saturated carbocycles. The Morgan fingerprint density at radius 3 is 2.43 bits per heavy atom. The van der Waals surface area contributed by atoms with Gasteiger partial charge in [0.05, 0.1) is 12.5 Å². The second-order valence-corrected chi connectivity index (χ2v) is 5.96. The van der Waals surface area contributed by atoms with Gasteiger partial charge in [-0.25, -0.2) is 0 Å². The SMILES string of the molecule is CC(CCc1ccccc1)NC(=S)Nc1ccc(CC#N)cc1. The fraction of sp³-hybridized carbons (Fsp3) is 0.263. The fourth-order valence-corrected chi connectivity index (χ4v) is 2.61. The summed E-state index contributed by atoms with van der Waals surface area (Å²) in [5.41, 5.74) is 3.28. The zero-order valence-corrected chi connectivity index (χ0v) is 14.1. The average molecular weight is 323 g/mol. The number of hydrogen-bond acceptors (Lipinski definition) is 2. The van der Waals surface area contributed by atoms with Gasteiger partial charge in [0.2, 0.25) is 0 Å². The van der Waals surface area contributed by atoms with Crippen LogP contribution < -0.4 is 10.6 Å². The van der Waals surface area contributed by atoms with E-state index in [1.165, 1.54) is 5.56 Å². The van der Waals surface area contributed by atoms with Gasteiger partial charge in [0.1, 0.15) is 0 Å². The smallest absolute Gasteiger partial charge is 0.170 e. The van der Waals surface area contributed by atoms with Gasteiger partial charge in [-0.15, -0.1) is 0 Å². The predicted molar refractivity (Wildman–Crippen MR) is 99.3 cm³/mol. The van der Waals surface area contributed by atoms with Crippen molar-refractivity contribution in [2.75, 3.05) is 5.32 Å². The van der Waals surface area contributed by atoms with Crippen molar-refractivity contribution in [1.82, 2.24) is 5.32 Å². The van der Waals surface area contributed by atoms with Crippen LogP contribution >= 0.6 is 12.2 Å². The topological polar surface area (TPSA) is 47.8 Å². The van der Waals surface area contributed by atoms with Gasteiger partial charge >= 0.3 is 0 Å². The lowest BCUT2D eigenvalue weighted by molar-refractivity contribution is 0.609. The summed E-state index contributed by atoms with van der Waals surface area (Å²) >= 11 is 5.35. The molecule has 0 spiro atoms. The average Bonchev–Trinajstić information content (AvgIpc) is 2.56. The first-order valence-corrected chi connectivity index (χ1v) is 8.15. The van der Waals surface area contributed by atoms with Crippen LogP contribution in [0, 0.1) is 11.3 Å². The van der Waals surface area contributed by atoms with Crippen molar-refractivity contribution in [3.63, 3.8) is 0 Å². The third-order valence-corrected chi connectivity index (χ3v) is 3.80. The van der Waals surface area contributed by atoms with Crippen LogP contribution in [-0.4, -0.2) is 11.2 Å². The normalized spacial score (nSPS) is 11.3. The number of benzene rings is 2. The number of rotatable bonds is 6. The fourth-order valence-electron chi connectivity index (χ4n) is 2.29. The summed E-state index contributed by atoms with van der Waals surface area (Å²) in [6.07, 6.45) is 2.48. The summed E-state index contributed by atoms with van der Waals surface area (Å²) in [5.74, 6) is 0. The predicted octanol–water partition coefficient (Wildman–Crippen LogP) is 4.06. The minimum absolute atomic E-state index is 0.299.